The third kappa shape index (κ3) is 4.28. The van der Waals surface area contributed by atoms with E-state index in [9.17, 15) is 22.8 Å². The lowest BCUT2D eigenvalue weighted by Crippen LogP contribution is -2.53. The lowest BCUT2D eigenvalue weighted by atomic mass is 9.49. The van der Waals surface area contributed by atoms with Crippen LogP contribution in [-0.4, -0.2) is 36.5 Å². The van der Waals surface area contributed by atoms with Crippen LogP contribution in [0.3, 0.4) is 0 Å². The molecular weight excluding hydrogens is 381 g/mol. The molecule has 4 aliphatic rings. The molecule has 5 rings (SSSR count). The number of carbonyl (C=O) groups excluding carboxylic acids is 2. The first-order chi connectivity index (χ1) is 13.6. The smallest absolute Gasteiger partial charge is 0.352 e. The van der Waals surface area contributed by atoms with E-state index in [0.717, 1.165) is 31.9 Å². The van der Waals surface area contributed by atoms with Crippen molar-refractivity contribution in [3.8, 4) is 0 Å². The van der Waals surface area contributed by atoms with Gasteiger partial charge in [-0.1, -0.05) is 12.1 Å². The predicted octanol–water partition coefficient (Wildman–Crippen LogP) is 4.15. The normalized spacial score (nSPS) is 30.3. The van der Waals surface area contributed by atoms with Gasteiger partial charge in [-0.05, 0) is 74.0 Å². The molecule has 0 aromatic heterocycles. The van der Waals surface area contributed by atoms with E-state index in [0.29, 0.717) is 29.2 Å². The summed E-state index contributed by atoms with van der Waals surface area (Å²) in [6.45, 7) is -0.915. The van der Waals surface area contributed by atoms with Crippen LogP contribution in [0.1, 0.15) is 54.4 Å². The third-order valence-electron chi connectivity index (χ3n) is 6.94. The Bertz CT molecular complexity index is 753. The minimum absolute atomic E-state index is 0.140. The molecule has 7 heteroatoms. The molecule has 4 saturated carbocycles. The topological polar surface area (TPSA) is 49.4 Å². The molecule has 0 unspecified atom stereocenters. The van der Waals surface area contributed by atoms with E-state index < -0.39 is 18.6 Å². The van der Waals surface area contributed by atoms with Gasteiger partial charge in [0.05, 0.1) is 0 Å². The molecule has 4 nitrogen and oxygen atoms in total. The lowest BCUT2D eigenvalue weighted by Gasteiger charge is -2.55. The molecule has 1 aromatic rings. The third-order valence-corrected chi connectivity index (χ3v) is 6.94. The van der Waals surface area contributed by atoms with Crippen molar-refractivity contribution in [1.29, 1.82) is 0 Å². The summed E-state index contributed by atoms with van der Waals surface area (Å²) in [5.41, 5.74) is 0.830. The highest BCUT2D eigenvalue weighted by Crippen LogP contribution is 2.60. The number of carbonyl (C=O) groups is 2. The summed E-state index contributed by atoms with van der Waals surface area (Å²) < 4.78 is 37.4. The molecule has 0 spiro atoms. The Kier molecular flexibility index (Phi) is 5.11. The first kappa shape index (κ1) is 20.2. The van der Waals surface area contributed by atoms with Crippen molar-refractivity contribution in [1.82, 2.24) is 10.2 Å². The van der Waals surface area contributed by atoms with E-state index in [-0.39, 0.29) is 16.9 Å². The van der Waals surface area contributed by atoms with Crippen molar-refractivity contribution in [2.75, 3.05) is 13.6 Å². The van der Waals surface area contributed by atoms with Crippen LogP contribution in [0, 0.1) is 23.2 Å². The van der Waals surface area contributed by atoms with Gasteiger partial charge in [-0.3, -0.25) is 9.59 Å². The number of nitrogens with one attached hydrogen (secondary N) is 1. The van der Waals surface area contributed by atoms with Crippen LogP contribution in [0.4, 0.5) is 13.2 Å². The van der Waals surface area contributed by atoms with E-state index in [1.807, 2.05) is 0 Å². The Labute approximate surface area is 168 Å². The molecule has 158 valence electrons. The van der Waals surface area contributed by atoms with Crippen LogP contribution in [0.5, 0.6) is 0 Å². The molecule has 0 radical (unpaired) electrons. The zero-order chi connectivity index (χ0) is 20.8. The van der Waals surface area contributed by atoms with Crippen molar-refractivity contribution in [3.63, 3.8) is 0 Å². The second-order valence-electron chi connectivity index (χ2n) is 9.35. The molecule has 0 atom stereocenters. The zero-order valence-electron chi connectivity index (χ0n) is 16.6. The Morgan fingerprint density at radius 1 is 1.03 bits per heavy atom. The van der Waals surface area contributed by atoms with Gasteiger partial charge in [0.1, 0.15) is 6.54 Å². The second kappa shape index (κ2) is 7.33. The average molecular weight is 408 g/mol. The summed E-state index contributed by atoms with van der Waals surface area (Å²) in [7, 11) is 1.13. The number of benzene rings is 1. The number of alkyl halides is 3. The number of hydrogen-bond acceptors (Lipinski definition) is 2. The van der Waals surface area contributed by atoms with Gasteiger partial charge < -0.3 is 10.2 Å². The molecular formula is C22H27F3N2O2. The predicted molar refractivity (Wildman–Crippen MR) is 102 cm³/mol. The number of amides is 2. The minimum Gasteiger partial charge on any atom is -0.352 e. The number of rotatable bonds is 5. The van der Waals surface area contributed by atoms with Gasteiger partial charge in [0.15, 0.2) is 0 Å². The monoisotopic (exact) mass is 408 g/mol. The fourth-order valence-corrected chi connectivity index (χ4v) is 6.08. The molecule has 0 aliphatic heterocycles. The second-order valence-corrected chi connectivity index (χ2v) is 9.35. The van der Waals surface area contributed by atoms with Gasteiger partial charge in [0.2, 0.25) is 5.91 Å². The highest BCUT2D eigenvalue weighted by Gasteiger charge is 2.54. The number of halogens is 3. The molecule has 1 aromatic carbocycles. The summed E-state index contributed by atoms with van der Waals surface area (Å²) in [4.78, 5) is 25.8. The van der Waals surface area contributed by atoms with Gasteiger partial charge >= 0.3 is 6.18 Å². The highest BCUT2D eigenvalue weighted by molar-refractivity contribution is 5.94. The maximum absolute atomic E-state index is 13.0. The molecule has 0 heterocycles. The van der Waals surface area contributed by atoms with E-state index in [1.54, 1.807) is 12.1 Å². The zero-order valence-corrected chi connectivity index (χ0v) is 16.6. The summed E-state index contributed by atoms with van der Waals surface area (Å²) in [6, 6.07) is 6.41. The average Bonchev–Trinajstić information content (AvgIpc) is 2.63. The molecule has 2 amide bonds. The van der Waals surface area contributed by atoms with E-state index >= 15 is 0 Å². The van der Waals surface area contributed by atoms with Gasteiger partial charge in [0, 0.05) is 24.6 Å². The van der Waals surface area contributed by atoms with Crippen LogP contribution in [0.25, 0.3) is 0 Å². The summed E-state index contributed by atoms with van der Waals surface area (Å²) in [6.07, 6.45) is 2.43. The van der Waals surface area contributed by atoms with Crippen LogP contribution < -0.4 is 5.32 Å². The van der Waals surface area contributed by atoms with Crippen LogP contribution in [0.15, 0.2) is 24.3 Å². The number of nitrogens with zero attached hydrogens (tertiary/aromatic N) is 1. The maximum atomic E-state index is 13.0. The van der Waals surface area contributed by atoms with E-state index in [4.69, 9.17) is 0 Å². The molecule has 4 aliphatic carbocycles. The Balaban J connectivity index is 1.34. The summed E-state index contributed by atoms with van der Waals surface area (Å²) in [5, 5.41) is 3.08. The molecule has 1 N–H and O–H groups in total. The van der Waals surface area contributed by atoms with Gasteiger partial charge in [-0.15, -0.1) is 0 Å². The van der Waals surface area contributed by atoms with Crippen LogP contribution >= 0.6 is 0 Å². The van der Waals surface area contributed by atoms with Crippen LogP contribution in [-0.2, 0) is 11.3 Å². The Morgan fingerprint density at radius 2 is 1.55 bits per heavy atom. The van der Waals surface area contributed by atoms with Crippen molar-refractivity contribution in [3.05, 3.63) is 35.4 Å². The van der Waals surface area contributed by atoms with Crippen molar-refractivity contribution in [2.24, 2.45) is 23.2 Å². The van der Waals surface area contributed by atoms with Gasteiger partial charge in [-0.2, -0.15) is 13.2 Å². The minimum atomic E-state index is -4.42. The van der Waals surface area contributed by atoms with Crippen molar-refractivity contribution >= 4 is 11.8 Å². The van der Waals surface area contributed by atoms with Crippen molar-refractivity contribution < 1.29 is 22.8 Å². The Hall–Kier alpha value is -2.05. The largest absolute Gasteiger partial charge is 0.406 e. The quantitative estimate of drug-likeness (QED) is 0.796. The highest BCUT2D eigenvalue weighted by atomic mass is 19.4. The van der Waals surface area contributed by atoms with Gasteiger partial charge in [0.25, 0.3) is 5.91 Å². The van der Waals surface area contributed by atoms with Gasteiger partial charge in [-0.25, -0.2) is 0 Å². The standard InChI is InChI=1S/C22H27F3N2O2/c1-27(13-22(23,24)25)19(28)18-4-2-14(3-5-18)12-26-20(29)21-9-15-6-16(10-21)8-17(7-15)11-21/h2-5,15-17H,6-13H2,1H3,(H,26,29). The molecule has 4 bridgehead atoms. The number of hydrogen-bond donors (Lipinski definition) is 1. The maximum Gasteiger partial charge on any atom is 0.406 e. The Morgan fingerprint density at radius 3 is 2.03 bits per heavy atom. The first-order valence-corrected chi connectivity index (χ1v) is 10.3. The fourth-order valence-electron chi connectivity index (χ4n) is 6.08. The van der Waals surface area contributed by atoms with E-state index in [2.05, 4.69) is 5.32 Å². The lowest BCUT2D eigenvalue weighted by molar-refractivity contribution is -0.146. The first-order valence-electron chi connectivity index (χ1n) is 10.3. The van der Waals surface area contributed by atoms with E-state index in [1.165, 1.54) is 31.4 Å². The molecule has 4 fully saturated rings. The summed E-state index contributed by atoms with van der Waals surface area (Å²) in [5.74, 6) is 1.57. The SMILES string of the molecule is CN(CC(F)(F)F)C(=O)c1ccc(CNC(=O)C23CC4CC(CC(C4)C2)C3)cc1. The van der Waals surface area contributed by atoms with Crippen LogP contribution in [0.2, 0.25) is 0 Å². The summed E-state index contributed by atoms with van der Waals surface area (Å²) >= 11 is 0. The van der Waals surface area contributed by atoms with Crippen molar-refractivity contribution in [2.45, 2.75) is 51.2 Å². The fraction of sp³-hybridized carbons (Fsp3) is 0.636. The molecule has 29 heavy (non-hydrogen) atoms. The molecule has 0 saturated heterocycles.